The number of methoxy groups -OCH3 is 2. The zero-order chi connectivity index (χ0) is 32.2. The Kier molecular flexibility index (Phi) is 8.85. The third-order valence-corrected chi connectivity index (χ3v) is 8.79. The highest BCUT2D eigenvalue weighted by atomic mass is 32.1. The number of amides is 1. The largest absolute Gasteiger partial charge is 0.497 e. The molecular weight excluding hydrogens is 598 g/mol. The summed E-state index contributed by atoms with van der Waals surface area (Å²) in [5.41, 5.74) is 4.82. The van der Waals surface area contributed by atoms with Crippen LogP contribution in [0, 0.1) is 6.92 Å². The quantitative estimate of drug-likeness (QED) is 0.223. The number of thiazole rings is 1. The number of aromatic nitrogens is 1. The van der Waals surface area contributed by atoms with Crippen LogP contribution >= 0.6 is 11.3 Å². The molecule has 0 aliphatic carbocycles. The van der Waals surface area contributed by atoms with Crippen LogP contribution in [-0.2, 0) is 11.4 Å². The minimum absolute atomic E-state index is 0.240. The highest BCUT2D eigenvalue weighted by Gasteiger charge is 2.32. The average molecular weight is 632 g/mol. The SMILES string of the molecule is COc1ccc([C@H]2C(C(=O)Nc3ccccc3)=C(C)N=c3s/c(=C/c4ccc(OC)c(COc5ccccc5C)c4)c(=O)n32)cc1. The summed E-state index contributed by atoms with van der Waals surface area (Å²) in [6.07, 6.45) is 1.84. The number of allylic oxidation sites excluding steroid dienone is 1. The normalized spacial score (nSPS) is 14.3. The van der Waals surface area contributed by atoms with Gasteiger partial charge in [0.1, 0.15) is 23.9 Å². The number of fused-ring (bicyclic) bond motifs is 1. The number of rotatable bonds is 9. The van der Waals surface area contributed by atoms with Crippen LogP contribution in [-0.4, -0.2) is 24.7 Å². The van der Waals surface area contributed by atoms with Crippen molar-refractivity contribution in [1.29, 1.82) is 0 Å². The highest BCUT2D eigenvalue weighted by molar-refractivity contribution is 7.07. The maximum Gasteiger partial charge on any atom is 0.271 e. The van der Waals surface area contributed by atoms with Crippen LogP contribution in [0.15, 0.2) is 118 Å². The summed E-state index contributed by atoms with van der Waals surface area (Å²) in [5.74, 6) is 1.84. The molecule has 0 saturated heterocycles. The Bertz CT molecular complexity index is 2120. The molecule has 1 N–H and O–H groups in total. The number of anilines is 1. The molecule has 0 bridgehead atoms. The maximum atomic E-state index is 14.2. The van der Waals surface area contributed by atoms with Crippen LogP contribution in [0.3, 0.4) is 0 Å². The van der Waals surface area contributed by atoms with E-state index in [9.17, 15) is 9.59 Å². The van der Waals surface area contributed by atoms with Crippen LogP contribution in [0.4, 0.5) is 5.69 Å². The van der Waals surface area contributed by atoms with E-state index in [1.54, 1.807) is 25.7 Å². The Morgan fingerprint density at radius 3 is 2.37 bits per heavy atom. The van der Waals surface area contributed by atoms with Gasteiger partial charge in [-0.05, 0) is 79.1 Å². The number of benzene rings is 4. The summed E-state index contributed by atoms with van der Waals surface area (Å²) < 4.78 is 19.2. The zero-order valence-corrected chi connectivity index (χ0v) is 26.8. The number of hydrogen-bond acceptors (Lipinski definition) is 7. The summed E-state index contributed by atoms with van der Waals surface area (Å²) >= 11 is 1.29. The molecule has 0 unspecified atom stereocenters. The minimum Gasteiger partial charge on any atom is -0.497 e. The Balaban J connectivity index is 1.41. The molecule has 5 aromatic rings. The van der Waals surface area contributed by atoms with Crippen molar-refractivity contribution in [3.05, 3.63) is 150 Å². The molecule has 1 aromatic heterocycles. The van der Waals surface area contributed by atoms with Crippen molar-refractivity contribution >= 4 is 29.0 Å². The third-order valence-electron chi connectivity index (χ3n) is 7.81. The molecule has 4 aromatic carbocycles. The summed E-state index contributed by atoms with van der Waals surface area (Å²) in [7, 11) is 3.22. The van der Waals surface area contributed by atoms with Gasteiger partial charge in [0.2, 0.25) is 0 Å². The first-order chi connectivity index (χ1) is 22.4. The molecule has 0 radical (unpaired) electrons. The Hall–Kier alpha value is -5.41. The van der Waals surface area contributed by atoms with Gasteiger partial charge in [-0.15, -0.1) is 0 Å². The van der Waals surface area contributed by atoms with Crippen molar-refractivity contribution in [2.75, 3.05) is 19.5 Å². The molecular formula is C37H33N3O5S. The van der Waals surface area contributed by atoms with Gasteiger partial charge in [-0.2, -0.15) is 0 Å². The Labute approximate surface area is 270 Å². The van der Waals surface area contributed by atoms with Crippen molar-refractivity contribution in [2.45, 2.75) is 26.5 Å². The summed E-state index contributed by atoms with van der Waals surface area (Å²) in [5, 5.41) is 2.98. The molecule has 0 spiro atoms. The topological polar surface area (TPSA) is 91.2 Å². The maximum absolute atomic E-state index is 14.2. The number of carbonyl (C=O) groups is 1. The van der Waals surface area contributed by atoms with Crippen molar-refractivity contribution in [2.24, 2.45) is 4.99 Å². The van der Waals surface area contributed by atoms with Crippen molar-refractivity contribution in [1.82, 2.24) is 4.57 Å². The van der Waals surface area contributed by atoms with Gasteiger partial charge >= 0.3 is 0 Å². The smallest absolute Gasteiger partial charge is 0.271 e. The summed E-state index contributed by atoms with van der Waals surface area (Å²) in [6.45, 7) is 4.10. The van der Waals surface area contributed by atoms with Gasteiger partial charge in [-0.1, -0.05) is 65.9 Å². The number of hydrogen-bond donors (Lipinski definition) is 1. The van der Waals surface area contributed by atoms with E-state index in [1.165, 1.54) is 11.3 Å². The number of carbonyl (C=O) groups excluding carboxylic acids is 1. The first-order valence-corrected chi connectivity index (χ1v) is 15.6. The van der Waals surface area contributed by atoms with Gasteiger partial charge in [0, 0.05) is 11.3 Å². The lowest BCUT2D eigenvalue weighted by Gasteiger charge is -2.25. The number of nitrogens with zero attached hydrogens (tertiary/aromatic N) is 2. The standard InChI is InChI=1S/C37H33N3O5S/c1-23-10-8-9-13-30(23)45-22-27-20-25(14-19-31(27)44-4)21-32-36(42)40-34(26-15-17-29(43-3)18-16-26)33(24(2)38-37(40)46-32)35(41)39-28-11-6-5-7-12-28/h5-21,34H,22H2,1-4H3,(H,39,41)/b32-21+/t34-/m0/s1. The van der Waals surface area contributed by atoms with Gasteiger partial charge in [-0.3, -0.25) is 14.2 Å². The minimum atomic E-state index is -0.693. The lowest BCUT2D eigenvalue weighted by molar-refractivity contribution is -0.113. The first-order valence-electron chi connectivity index (χ1n) is 14.7. The summed E-state index contributed by atoms with van der Waals surface area (Å²) in [6, 6.07) is 29.5. The van der Waals surface area contributed by atoms with Crippen LogP contribution < -0.4 is 34.4 Å². The second-order valence-corrected chi connectivity index (χ2v) is 11.8. The van der Waals surface area contributed by atoms with E-state index in [2.05, 4.69) is 5.32 Å². The molecule has 6 rings (SSSR count). The number of ether oxygens (including phenoxy) is 3. The fourth-order valence-electron chi connectivity index (χ4n) is 5.46. The van der Waals surface area contributed by atoms with E-state index in [4.69, 9.17) is 19.2 Å². The predicted molar refractivity (Wildman–Crippen MR) is 180 cm³/mol. The van der Waals surface area contributed by atoms with E-state index >= 15 is 0 Å². The van der Waals surface area contributed by atoms with Crippen molar-refractivity contribution in [3.63, 3.8) is 0 Å². The van der Waals surface area contributed by atoms with E-state index in [1.807, 2.05) is 110 Å². The van der Waals surface area contributed by atoms with Gasteiger partial charge in [0.15, 0.2) is 4.80 Å². The Morgan fingerprint density at radius 2 is 1.65 bits per heavy atom. The van der Waals surface area contributed by atoms with E-state index in [0.717, 1.165) is 28.0 Å². The van der Waals surface area contributed by atoms with Crippen LogP contribution in [0.1, 0.15) is 35.2 Å². The number of nitrogens with one attached hydrogen (secondary N) is 1. The van der Waals surface area contributed by atoms with Crippen LogP contribution in [0.25, 0.3) is 6.08 Å². The molecule has 0 saturated carbocycles. The highest BCUT2D eigenvalue weighted by Crippen LogP contribution is 2.32. The second kappa shape index (κ2) is 13.3. The third kappa shape index (κ3) is 6.23. The van der Waals surface area contributed by atoms with Gasteiger partial charge in [-0.25, -0.2) is 4.99 Å². The van der Waals surface area contributed by atoms with Gasteiger partial charge in [0.05, 0.1) is 36.1 Å². The van der Waals surface area contributed by atoms with E-state index in [0.29, 0.717) is 44.4 Å². The fourth-order valence-corrected chi connectivity index (χ4v) is 6.51. The van der Waals surface area contributed by atoms with Crippen LogP contribution in [0.5, 0.6) is 17.2 Å². The molecule has 1 amide bonds. The predicted octanol–water partition coefficient (Wildman–Crippen LogP) is 5.78. The Morgan fingerprint density at radius 1 is 0.913 bits per heavy atom. The second-order valence-electron chi connectivity index (χ2n) is 10.8. The van der Waals surface area contributed by atoms with E-state index in [-0.39, 0.29) is 11.5 Å². The monoisotopic (exact) mass is 631 g/mol. The molecule has 46 heavy (non-hydrogen) atoms. The molecule has 1 aliphatic heterocycles. The lowest BCUT2D eigenvalue weighted by atomic mass is 9.95. The molecule has 1 aliphatic rings. The molecule has 8 nitrogen and oxygen atoms in total. The fraction of sp³-hybridized carbons (Fsp3) is 0.162. The number of aryl methyl sites for hydroxylation is 1. The summed E-state index contributed by atoms with van der Waals surface area (Å²) in [4.78, 5) is 33.2. The molecule has 9 heteroatoms. The molecule has 1 atom stereocenters. The lowest BCUT2D eigenvalue weighted by Crippen LogP contribution is -2.40. The van der Waals surface area contributed by atoms with Crippen LogP contribution in [0.2, 0.25) is 0 Å². The van der Waals surface area contributed by atoms with Crippen molar-refractivity contribution in [3.8, 4) is 17.2 Å². The molecule has 0 fully saturated rings. The van der Waals surface area contributed by atoms with E-state index < -0.39 is 6.04 Å². The van der Waals surface area contributed by atoms with Gasteiger partial charge in [0.25, 0.3) is 11.5 Å². The molecule has 232 valence electrons. The van der Waals surface area contributed by atoms with Crippen molar-refractivity contribution < 1.29 is 19.0 Å². The number of para-hydroxylation sites is 2. The molecule has 2 heterocycles. The first kappa shape index (κ1) is 30.6. The average Bonchev–Trinajstić information content (AvgIpc) is 3.37. The zero-order valence-electron chi connectivity index (χ0n) is 25.9. The van der Waals surface area contributed by atoms with Gasteiger partial charge < -0.3 is 19.5 Å².